The molecule has 2 nitrogen and oxygen atoms in total. The van der Waals surface area contributed by atoms with E-state index in [1.165, 1.54) is 5.56 Å². The van der Waals surface area contributed by atoms with E-state index in [1.54, 1.807) is 0 Å². The lowest BCUT2D eigenvalue weighted by atomic mass is 10.1. The van der Waals surface area contributed by atoms with Crippen molar-refractivity contribution in [2.75, 3.05) is 0 Å². The predicted molar refractivity (Wildman–Crippen MR) is 43.6 cm³/mol. The van der Waals surface area contributed by atoms with Crippen LogP contribution in [-0.2, 0) is 6.54 Å². The van der Waals surface area contributed by atoms with Gasteiger partial charge in [-0.1, -0.05) is 29.8 Å². The first-order valence-electron chi connectivity index (χ1n) is 3.50. The lowest BCUT2D eigenvalue weighted by Crippen LogP contribution is -2.03. The molecule has 0 aliphatic carbocycles. The molecule has 0 saturated heterocycles. The van der Waals surface area contributed by atoms with Gasteiger partial charge in [-0.15, -0.1) is 0 Å². The van der Waals surface area contributed by atoms with Gasteiger partial charge in [-0.2, -0.15) is 5.26 Å². The van der Waals surface area contributed by atoms with Crippen LogP contribution >= 0.6 is 0 Å². The molecule has 0 spiro atoms. The molecule has 56 valence electrons. The number of nitrogens with zero attached hydrogens (tertiary/aromatic N) is 1. The summed E-state index contributed by atoms with van der Waals surface area (Å²) in [6.45, 7) is 2.66. The van der Waals surface area contributed by atoms with E-state index in [9.17, 15) is 0 Å². The summed E-state index contributed by atoms with van der Waals surface area (Å²) in [6, 6.07) is 8.10. The molecule has 0 saturated carbocycles. The topological polar surface area (TPSA) is 35.8 Å². The highest BCUT2D eigenvalue weighted by Crippen LogP contribution is 2.01. The quantitative estimate of drug-likeness (QED) is 0.507. The molecule has 0 unspecified atom stereocenters. The maximum absolute atomic E-state index is 8.22. The zero-order chi connectivity index (χ0) is 8.10. The van der Waals surface area contributed by atoms with Gasteiger partial charge in [0.15, 0.2) is 6.19 Å². The second kappa shape index (κ2) is 3.62. The second-order valence-electron chi connectivity index (χ2n) is 2.45. The van der Waals surface area contributed by atoms with E-state index in [1.807, 2.05) is 37.4 Å². The van der Waals surface area contributed by atoms with Gasteiger partial charge in [0.25, 0.3) is 0 Å². The number of benzene rings is 1. The molecule has 0 aliphatic heterocycles. The molecule has 1 rings (SSSR count). The smallest absolute Gasteiger partial charge is 0.176 e. The first kappa shape index (κ1) is 7.62. The summed E-state index contributed by atoms with van der Waals surface area (Å²) in [6.07, 6.45) is 1.88. The Balaban J connectivity index is 2.60. The minimum Gasteiger partial charge on any atom is -0.319 e. The van der Waals surface area contributed by atoms with E-state index in [0.29, 0.717) is 6.54 Å². The Labute approximate surface area is 66.5 Å². The molecular weight excluding hydrogens is 136 g/mol. The summed E-state index contributed by atoms with van der Waals surface area (Å²) >= 11 is 0. The predicted octanol–water partition coefficient (Wildman–Crippen LogP) is 1.57. The van der Waals surface area contributed by atoms with Crippen LogP contribution < -0.4 is 5.32 Å². The van der Waals surface area contributed by atoms with E-state index < -0.39 is 0 Å². The fourth-order valence-corrected chi connectivity index (χ4v) is 0.848. The molecule has 0 atom stereocenters. The monoisotopic (exact) mass is 146 g/mol. The van der Waals surface area contributed by atoms with Gasteiger partial charge in [0.05, 0.1) is 0 Å². The van der Waals surface area contributed by atoms with E-state index in [2.05, 4.69) is 5.32 Å². The van der Waals surface area contributed by atoms with Crippen molar-refractivity contribution < 1.29 is 0 Å². The minimum absolute atomic E-state index is 0.622. The summed E-state index contributed by atoms with van der Waals surface area (Å²) in [5.74, 6) is 0. The Morgan fingerprint density at radius 1 is 1.36 bits per heavy atom. The zero-order valence-electron chi connectivity index (χ0n) is 6.46. The number of hydrogen-bond donors (Lipinski definition) is 1. The molecule has 1 aromatic rings. The molecular formula is C9H10N2. The van der Waals surface area contributed by atoms with Crippen molar-refractivity contribution in [3.63, 3.8) is 0 Å². The largest absolute Gasteiger partial charge is 0.319 e. The number of aryl methyl sites for hydroxylation is 1. The summed E-state index contributed by atoms with van der Waals surface area (Å²) in [5, 5.41) is 10.8. The van der Waals surface area contributed by atoms with Crippen LogP contribution in [0.15, 0.2) is 24.3 Å². The van der Waals surface area contributed by atoms with Gasteiger partial charge in [0, 0.05) is 6.54 Å². The molecule has 0 bridgehead atoms. The third kappa shape index (κ3) is 2.30. The zero-order valence-corrected chi connectivity index (χ0v) is 6.46. The number of nitriles is 1. The molecule has 0 radical (unpaired) electrons. The highest BCUT2D eigenvalue weighted by molar-refractivity contribution is 5.21. The molecule has 1 N–H and O–H groups in total. The first-order chi connectivity index (χ1) is 5.33. The van der Waals surface area contributed by atoms with Crippen molar-refractivity contribution in [1.29, 1.82) is 5.26 Å². The number of nitrogens with one attached hydrogen (secondary N) is 1. The SMILES string of the molecule is Cc1ccc(CNC#N)cc1. The summed E-state index contributed by atoms with van der Waals surface area (Å²) in [5.41, 5.74) is 2.38. The normalized spacial score (nSPS) is 8.73. The molecule has 0 aliphatic rings. The fourth-order valence-electron chi connectivity index (χ4n) is 0.848. The van der Waals surface area contributed by atoms with Gasteiger partial charge < -0.3 is 5.32 Å². The first-order valence-corrected chi connectivity index (χ1v) is 3.50. The molecule has 0 fully saturated rings. The van der Waals surface area contributed by atoms with Crippen molar-refractivity contribution in [3.05, 3.63) is 35.4 Å². The van der Waals surface area contributed by atoms with E-state index in [4.69, 9.17) is 5.26 Å². The van der Waals surface area contributed by atoms with Gasteiger partial charge in [-0.05, 0) is 12.5 Å². The summed E-state index contributed by atoms with van der Waals surface area (Å²) in [7, 11) is 0. The van der Waals surface area contributed by atoms with Crippen LogP contribution in [0.1, 0.15) is 11.1 Å². The Morgan fingerprint density at radius 2 is 2.00 bits per heavy atom. The van der Waals surface area contributed by atoms with Crippen LogP contribution in [0.2, 0.25) is 0 Å². The third-order valence-electron chi connectivity index (χ3n) is 1.49. The fraction of sp³-hybridized carbons (Fsp3) is 0.222. The van der Waals surface area contributed by atoms with Crippen molar-refractivity contribution in [1.82, 2.24) is 5.32 Å². The Hall–Kier alpha value is -1.49. The highest BCUT2D eigenvalue weighted by Gasteiger charge is 1.88. The van der Waals surface area contributed by atoms with Gasteiger partial charge in [-0.25, -0.2) is 0 Å². The van der Waals surface area contributed by atoms with Crippen molar-refractivity contribution in [3.8, 4) is 6.19 Å². The number of hydrogen-bond acceptors (Lipinski definition) is 2. The lowest BCUT2D eigenvalue weighted by molar-refractivity contribution is 0.884. The lowest BCUT2D eigenvalue weighted by Gasteiger charge is -1.97. The van der Waals surface area contributed by atoms with Crippen molar-refractivity contribution in [2.24, 2.45) is 0 Å². The maximum atomic E-state index is 8.22. The number of rotatable bonds is 2. The molecule has 0 amide bonds. The van der Waals surface area contributed by atoms with Gasteiger partial charge in [0.2, 0.25) is 0 Å². The average molecular weight is 146 g/mol. The minimum atomic E-state index is 0.622. The van der Waals surface area contributed by atoms with Crippen LogP contribution in [0.3, 0.4) is 0 Å². The van der Waals surface area contributed by atoms with Crippen molar-refractivity contribution >= 4 is 0 Å². The Kier molecular flexibility index (Phi) is 2.51. The highest BCUT2D eigenvalue weighted by atomic mass is 14.8. The van der Waals surface area contributed by atoms with Gasteiger partial charge in [0.1, 0.15) is 0 Å². The van der Waals surface area contributed by atoms with E-state index >= 15 is 0 Å². The van der Waals surface area contributed by atoms with Crippen molar-refractivity contribution in [2.45, 2.75) is 13.5 Å². The molecule has 2 heteroatoms. The van der Waals surface area contributed by atoms with E-state index in [-0.39, 0.29) is 0 Å². The summed E-state index contributed by atoms with van der Waals surface area (Å²) in [4.78, 5) is 0. The van der Waals surface area contributed by atoms with Crippen LogP contribution in [-0.4, -0.2) is 0 Å². The van der Waals surface area contributed by atoms with Crippen LogP contribution in [0, 0.1) is 18.4 Å². The van der Waals surface area contributed by atoms with Gasteiger partial charge >= 0.3 is 0 Å². The molecule has 11 heavy (non-hydrogen) atoms. The summed E-state index contributed by atoms with van der Waals surface area (Å²) < 4.78 is 0. The third-order valence-corrected chi connectivity index (χ3v) is 1.49. The van der Waals surface area contributed by atoms with Crippen LogP contribution in [0.5, 0.6) is 0 Å². The van der Waals surface area contributed by atoms with Crippen LogP contribution in [0.25, 0.3) is 0 Å². The Bertz CT molecular complexity index is 256. The average Bonchev–Trinajstić information content (AvgIpc) is 2.04. The second-order valence-corrected chi connectivity index (χ2v) is 2.45. The van der Waals surface area contributed by atoms with E-state index in [0.717, 1.165) is 5.56 Å². The Morgan fingerprint density at radius 3 is 2.55 bits per heavy atom. The molecule has 0 heterocycles. The molecule has 0 aromatic heterocycles. The van der Waals surface area contributed by atoms with Gasteiger partial charge in [-0.3, -0.25) is 0 Å². The van der Waals surface area contributed by atoms with Crippen LogP contribution in [0.4, 0.5) is 0 Å². The maximum Gasteiger partial charge on any atom is 0.176 e. The molecule has 1 aromatic carbocycles. The standard InChI is InChI=1S/C9H10N2/c1-8-2-4-9(5-3-8)6-11-7-10/h2-5,11H,6H2,1H3.